The minimum atomic E-state index is -1.10. The molecule has 5 nitrogen and oxygen atoms in total. The Hall–Kier alpha value is -1.43. The molecule has 0 bridgehead atoms. The van der Waals surface area contributed by atoms with Crippen LogP contribution in [0.3, 0.4) is 0 Å². The van der Waals surface area contributed by atoms with Crippen molar-refractivity contribution in [2.45, 2.75) is 6.92 Å². The van der Waals surface area contributed by atoms with Crippen molar-refractivity contribution in [3.8, 4) is 0 Å². The second-order valence-electron chi connectivity index (χ2n) is 2.91. The standard InChI is InChI=1S/C9H9BrN2O3/c1-5(13)12(2)7-4-11-8(10)3-6(7)9(14)15/h3-4H,1-2H3,(H,14,15). The van der Waals surface area contributed by atoms with E-state index in [2.05, 4.69) is 20.9 Å². The number of amides is 1. The summed E-state index contributed by atoms with van der Waals surface area (Å²) in [6.07, 6.45) is 1.34. The number of carbonyl (C=O) groups excluding carboxylic acids is 1. The van der Waals surface area contributed by atoms with Gasteiger partial charge in [0.2, 0.25) is 5.91 Å². The number of aromatic nitrogens is 1. The van der Waals surface area contributed by atoms with Crippen LogP contribution in [0.15, 0.2) is 16.9 Å². The lowest BCUT2D eigenvalue weighted by Crippen LogP contribution is -2.25. The molecule has 1 aromatic heterocycles. The molecular weight excluding hydrogens is 264 g/mol. The molecule has 15 heavy (non-hydrogen) atoms. The average molecular weight is 273 g/mol. The third-order valence-corrected chi connectivity index (χ3v) is 2.35. The molecule has 1 rings (SSSR count). The van der Waals surface area contributed by atoms with E-state index in [0.29, 0.717) is 4.60 Å². The highest BCUT2D eigenvalue weighted by Crippen LogP contribution is 2.21. The Morgan fingerprint density at radius 3 is 2.60 bits per heavy atom. The van der Waals surface area contributed by atoms with Gasteiger partial charge in [0, 0.05) is 14.0 Å². The molecule has 1 heterocycles. The molecule has 1 amide bonds. The smallest absolute Gasteiger partial charge is 0.337 e. The Bertz CT molecular complexity index is 420. The first-order chi connectivity index (χ1) is 6.93. The predicted molar refractivity (Wildman–Crippen MR) is 58.0 cm³/mol. The Morgan fingerprint density at radius 2 is 2.13 bits per heavy atom. The van der Waals surface area contributed by atoms with Crippen molar-refractivity contribution in [1.82, 2.24) is 4.98 Å². The number of carboxylic acid groups (broad SMARTS) is 1. The molecule has 0 saturated carbocycles. The summed E-state index contributed by atoms with van der Waals surface area (Å²) in [7, 11) is 1.50. The molecule has 0 atom stereocenters. The van der Waals surface area contributed by atoms with E-state index in [9.17, 15) is 9.59 Å². The molecule has 0 saturated heterocycles. The van der Waals surface area contributed by atoms with Crippen LogP contribution in [0.1, 0.15) is 17.3 Å². The largest absolute Gasteiger partial charge is 0.478 e. The van der Waals surface area contributed by atoms with Crippen LogP contribution in [-0.4, -0.2) is 29.0 Å². The summed E-state index contributed by atoms with van der Waals surface area (Å²) in [4.78, 5) is 27.1. The van der Waals surface area contributed by atoms with E-state index in [0.717, 1.165) is 0 Å². The number of hydrogen-bond acceptors (Lipinski definition) is 3. The minimum Gasteiger partial charge on any atom is -0.478 e. The Kier molecular flexibility index (Phi) is 3.41. The van der Waals surface area contributed by atoms with Gasteiger partial charge in [0.25, 0.3) is 0 Å². The number of anilines is 1. The SMILES string of the molecule is CC(=O)N(C)c1cnc(Br)cc1C(=O)O. The monoisotopic (exact) mass is 272 g/mol. The number of nitrogens with zero attached hydrogens (tertiary/aromatic N) is 2. The number of carbonyl (C=O) groups is 2. The summed E-state index contributed by atoms with van der Waals surface area (Å²) in [6.45, 7) is 1.35. The molecule has 0 aliphatic carbocycles. The second kappa shape index (κ2) is 4.39. The fourth-order valence-electron chi connectivity index (χ4n) is 1.03. The fourth-order valence-corrected chi connectivity index (χ4v) is 1.36. The quantitative estimate of drug-likeness (QED) is 0.829. The molecule has 0 radical (unpaired) electrons. The van der Waals surface area contributed by atoms with Crippen molar-refractivity contribution in [3.63, 3.8) is 0 Å². The van der Waals surface area contributed by atoms with E-state index in [-0.39, 0.29) is 17.2 Å². The summed E-state index contributed by atoms with van der Waals surface area (Å²) < 4.78 is 0.417. The zero-order valence-electron chi connectivity index (χ0n) is 8.19. The third-order valence-electron chi connectivity index (χ3n) is 1.91. The molecule has 0 aromatic carbocycles. The van der Waals surface area contributed by atoms with Crippen LogP contribution in [-0.2, 0) is 4.79 Å². The van der Waals surface area contributed by atoms with Crippen molar-refractivity contribution in [1.29, 1.82) is 0 Å². The van der Waals surface area contributed by atoms with Crippen molar-refractivity contribution in [2.24, 2.45) is 0 Å². The Labute approximate surface area is 94.9 Å². The number of halogens is 1. The fraction of sp³-hybridized carbons (Fsp3) is 0.222. The van der Waals surface area contributed by atoms with E-state index >= 15 is 0 Å². The van der Waals surface area contributed by atoms with Gasteiger partial charge in [0.1, 0.15) is 4.60 Å². The van der Waals surface area contributed by atoms with Gasteiger partial charge in [-0.1, -0.05) is 0 Å². The lowest BCUT2D eigenvalue weighted by molar-refractivity contribution is -0.116. The van der Waals surface area contributed by atoms with Crippen LogP contribution in [0.4, 0.5) is 5.69 Å². The second-order valence-corrected chi connectivity index (χ2v) is 3.72. The first kappa shape index (κ1) is 11.6. The topological polar surface area (TPSA) is 70.5 Å². The van der Waals surface area contributed by atoms with Crippen LogP contribution >= 0.6 is 15.9 Å². The average Bonchev–Trinajstić information content (AvgIpc) is 2.16. The number of carboxylic acids is 1. The summed E-state index contributed by atoms with van der Waals surface area (Å²) in [5.74, 6) is -1.34. The minimum absolute atomic E-state index is 0.0366. The molecule has 0 spiro atoms. The predicted octanol–water partition coefficient (Wildman–Crippen LogP) is 1.53. The molecule has 0 aliphatic heterocycles. The zero-order valence-corrected chi connectivity index (χ0v) is 9.78. The lowest BCUT2D eigenvalue weighted by Gasteiger charge is -2.16. The van der Waals surface area contributed by atoms with Gasteiger partial charge >= 0.3 is 5.97 Å². The van der Waals surface area contributed by atoms with E-state index in [4.69, 9.17) is 5.11 Å². The normalized spacial score (nSPS) is 9.80. The number of hydrogen-bond donors (Lipinski definition) is 1. The van der Waals surface area contributed by atoms with E-state index in [1.807, 2.05) is 0 Å². The number of rotatable bonds is 2. The molecule has 6 heteroatoms. The van der Waals surface area contributed by atoms with Crippen LogP contribution in [0, 0.1) is 0 Å². The van der Waals surface area contributed by atoms with Gasteiger partial charge < -0.3 is 10.0 Å². The molecule has 0 aliphatic rings. The Balaban J connectivity index is 3.28. The van der Waals surface area contributed by atoms with Crippen LogP contribution in [0.5, 0.6) is 0 Å². The highest BCUT2D eigenvalue weighted by Gasteiger charge is 2.16. The van der Waals surface area contributed by atoms with E-state index in [1.165, 1.54) is 31.1 Å². The summed E-state index contributed by atoms with van der Waals surface area (Å²) in [6, 6.07) is 1.36. The van der Waals surface area contributed by atoms with E-state index in [1.54, 1.807) is 0 Å². The maximum atomic E-state index is 11.1. The van der Waals surface area contributed by atoms with Crippen LogP contribution in [0.25, 0.3) is 0 Å². The summed E-state index contributed by atoms with van der Waals surface area (Å²) in [5, 5.41) is 8.93. The molecule has 0 unspecified atom stereocenters. The van der Waals surface area contributed by atoms with Gasteiger partial charge in [-0.15, -0.1) is 0 Å². The Morgan fingerprint density at radius 1 is 1.53 bits per heavy atom. The van der Waals surface area contributed by atoms with Gasteiger partial charge in [-0.05, 0) is 22.0 Å². The first-order valence-electron chi connectivity index (χ1n) is 4.06. The molecular formula is C9H9BrN2O3. The van der Waals surface area contributed by atoms with E-state index < -0.39 is 5.97 Å². The van der Waals surface area contributed by atoms with Gasteiger partial charge in [-0.25, -0.2) is 9.78 Å². The number of aromatic carboxylic acids is 1. The van der Waals surface area contributed by atoms with Crippen molar-refractivity contribution >= 4 is 33.5 Å². The van der Waals surface area contributed by atoms with Gasteiger partial charge in [0.15, 0.2) is 0 Å². The number of pyridine rings is 1. The summed E-state index contributed by atoms with van der Waals surface area (Å²) in [5.41, 5.74) is 0.313. The molecule has 1 N–H and O–H groups in total. The van der Waals surface area contributed by atoms with Gasteiger partial charge in [-0.3, -0.25) is 4.79 Å². The van der Waals surface area contributed by atoms with Crippen molar-refractivity contribution in [3.05, 3.63) is 22.4 Å². The molecule has 1 aromatic rings. The molecule has 80 valence electrons. The lowest BCUT2D eigenvalue weighted by atomic mass is 10.2. The first-order valence-corrected chi connectivity index (χ1v) is 4.86. The van der Waals surface area contributed by atoms with Crippen molar-refractivity contribution < 1.29 is 14.7 Å². The van der Waals surface area contributed by atoms with Gasteiger partial charge in [-0.2, -0.15) is 0 Å². The maximum absolute atomic E-state index is 11.1. The van der Waals surface area contributed by atoms with Gasteiger partial charge in [0.05, 0.1) is 17.4 Å². The highest BCUT2D eigenvalue weighted by molar-refractivity contribution is 9.10. The van der Waals surface area contributed by atoms with Crippen molar-refractivity contribution in [2.75, 3.05) is 11.9 Å². The summed E-state index contributed by atoms with van der Waals surface area (Å²) >= 11 is 3.07. The van der Waals surface area contributed by atoms with Crippen LogP contribution in [0.2, 0.25) is 0 Å². The molecule has 0 fully saturated rings. The highest BCUT2D eigenvalue weighted by atomic mass is 79.9. The third kappa shape index (κ3) is 2.53. The zero-order chi connectivity index (χ0) is 11.6. The van der Waals surface area contributed by atoms with Crippen LogP contribution < -0.4 is 4.90 Å². The maximum Gasteiger partial charge on any atom is 0.337 e.